The second-order valence-corrected chi connectivity index (χ2v) is 9.52. The van der Waals surface area contributed by atoms with Gasteiger partial charge in [0.15, 0.2) is 0 Å². The molecule has 0 unspecified atom stereocenters. The first-order chi connectivity index (χ1) is 15.0. The van der Waals surface area contributed by atoms with Gasteiger partial charge < -0.3 is 4.74 Å². The molecule has 1 aromatic heterocycles. The van der Waals surface area contributed by atoms with Crippen molar-refractivity contribution in [1.29, 1.82) is 0 Å². The number of ether oxygens (including phenoxy) is 1. The molecule has 1 heterocycles. The number of nitrogens with zero attached hydrogens (tertiary/aromatic N) is 1. The normalized spacial score (nSPS) is 11.7. The van der Waals surface area contributed by atoms with Crippen molar-refractivity contribution in [1.82, 2.24) is 4.98 Å². The molecule has 0 fully saturated rings. The topological polar surface area (TPSA) is 85.4 Å². The summed E-state index contributed by atoms with van der Waals surface area (Å²) in [6.45, 7) is 1.80. The lowest BCUT2D eigenvalue weighted by molar-refractivity contribution is -0.140. The lowest BCUT2D eigenvalue weighted by atomic mass is 10.1. The van der Waals surface area contributed by atoms with Crippen molar-refractivity contribution in [2.45, 2.75) is 30.8 Å². The van der Waals surface area contributed by atoms with Crippen molar-refractivity contribution < 1.29 is 31.1 Å². The van der Waals surface area contributed by atoms with E-state index in [9.17, 15) is 26.4 Å². The van der Waals surface area contributed by atoms with E-state index in [2.05, 4.69) is 26.3 Å². The average Bonchev–Trinajstić information content (AvgIpc) is 3.10. The van der Waals surface area contributed by atoms with E-state index in [4.69, 9.17) is 0 Å². The predicted octanol–water partition coefficient (Wildman–Crippen LogP) is 4.73. The van der Waals surface area contributed by atoms with Gasteiger partial charge in [0.1, 0.15) is 0 Å². The van der Waals surface area contributed by atoms with E-state index in [1.807, 2.05) is 0 Å². The average molecular weight is 483 g/mol. The highest BCUT2D eigenvalue weighted by molar-refractivity contribution is 7.92. The second kappa shape index (κ2) is 9.18. The van der Waals surface area contributed by atoms with Gasteiger partial charge in [0.25, 0.3) is 10.0 Å². The third-order valence-corrected chi connectivity index (χ3v) is 6.57. The van der Waals surface area contributed by atoms with Gasteiger partial charge in [-0.05, 0) is 43.3 Å². The summed E-state index contributed by atoms with van der Waals surface area (Å²) in [6.07, 6.45) is -4.64. The van der Waals surface area contributed by atoms with Crippen LogP contribution in [0.2, 0.25) is 0 Å². The van der Waals surface area contributed by atoms with Gasteiger partial charge in [-0.3, -0.25) is 9.52 Å². The number of sulfonamides is 1. The van der Waals surface area contributed by atoms with Gasteiger partial charge in [0.05, 0.1) is 44.9 Å². The van der Waals surface area contributed by atoms with Crippen LogP contribution in [0.25, 0.3) is 10.2 Å². The van der Waals surface area contributed by atoms with Crippen LogP contribution in [0.5, 0.6) is 0 Å². The van der Waals surface area contributed by atoms with Gasteiger partial charge in [0.2, 0.25) is 0 Å². The van der Waals surface area contributed by atoms with E-state index in [-0.39, 0.29) is 29.0 Å². The van der Waals surface area contributed by atoms with Crippen LogP contribution in [0.3, 0.4) is 0 Å². The summed E-state index contributed by atoms with van der Waals surface area (Å²) in [5.41, 5.74) is -0.593. The number of hydrogen-bond donors (Lipinski definition) is 1. The molecule has 0 saturated carbocycles. The third kappa shape index (κ3) is 5.57. The molecule has 0 amide bonds. The molecule has 2 aromatic carbocycles. The molecular formula is C21H17F3N2O4S2. The minimum absolute atomic E-state index is 0.0382. The molecule has 11 heteroatoms. The van der Waals surface area contributed by atoms with Crippen LogP contribution in [-0.2, 0) is 25.7 Å². The first-order valence-corrected chi connectivity index (χ1v) is 11.5. The smallest absolute Gasteiger partial charge is 0.416 e. The Bertz CT molecular complexity index is 1340. The van der Waals surface area contributed by atoms with Gasteiger partial charge in [0, 0.05) is 12.0 Å². The number of anilines is 1. The Balaban J connectivity index is 1.95. The number of benzene rings is 2. The van der Waals surface area contributed by atoms with Crippen molar-refractivity contribution >= 4 is 43.2 Å². The number of alkyl halides is 3. The maximum Gasteiger partial charge on any atom is 0.416 e. The van der Waals surface area contributed by atoms with Gasteiger partial charge in [-0.15, -0.1) is 11.3 Å². The first kappa shape index (κ1) is 23.6. The number of aryl methyl sites for hydroxylation is 1. The number of aromatic nitrogens is 1. The summed E-state index contributed by atoms with van der Waals surface area (Å²) in [4.78, 5) is 15.4. The Morgan fingerprint density at radius 1 is 1.22 bits per heavy atom. The van der Waals surface area contributed by atoms with Crippen molar-refractivity contribution in [3.63, 3.8) is 0 Å². The fourth-order valence-corrected chi connectivity index (χ4v) is 4.77. The third-order valence-electron chi connectivity index (χ3n) is 4.27. The molecule has 32 heavy (non-hydrogen) atoms. The number of thiazole rings is 1. The number of hydrogen-bond acceptors (Lipinski definition) is 6. The molecule has 0 aliphatic rings. The number of rotatable bonds is 5. The molecule has 0 atom stereocenters. The summed E-state index contributed by atoms with van der Waals surface area (Å²) in [7, 11) is -2.90. The standard InChI is InChI=1S/C21H17F3N2O4S2/c1-13-25-18-10-8-16(12-19(18)31-13)32(28,29)26-17-9-7-15(21(22,23)24)11-14(17)5-3-4-6-20(27)30-2/h7-12,26H,4,6H2,1-2H3. The summed E-state index contributed by atoms with van der Waals surface area (Å²) < 4.78 is 72.7. The molecule has 0 saturated heterocycles. The fraction of sp³-hybridized carbons (Fsp3) is 0.238. The van der Waals surface area contributed by atoms with Gasteiger partial charge in [-0.25, -0.2) is 13.4 Å². The van der Waals surface area contributed by atoms with Crippen LogP contribution < -0.4 is 4.72 Å². The van der Waals surface area contributed by atoms with Crippen molar-refractivity contribution in [2.24, 2.45) is 0 Å². The maximum absolute atomic E-state index is 13.1. The summed E-state index contributed by atoms with van der Waals surface area (Å²) in [5.74, 6) is 4.58. The molecule has 0 bridgehead atoms. The highest BCUT2D eigenvalue weighted by atomic mass is 32.2. The largest absolute Gasteiger partial charge is 0.469 e. The summed E-state index contributed by atoms with van der Waals surface area (Å²) in [5, 5.41) is 0.773. The number of esters is 1. The molecule has 3 aromatic rings. The second-order valence-electron chi connectivity index (χ2n) is 6.60. The van der Waals surface area contributed by atoms with Crippen LogP contribution in [0, 0.1) is 18.8 Å². The Hall–Kier alpha value is -3.10. The van der Waals surface area contributed by atoms with Crippen LogP contribution >= 0.6 is 11.3 Å². The number of fused-ring (bicyclic) bond motifs is 1. The highest BCUT2D eigenvalue weighted by Crippen LogP contribution is 2.33. The Morgan fingerprint density at radius 3 is 2.66 bits per heavy atom. The highest BCUT2D eigenvalue weighted by Gasteiger charge is 2.31. The Kier molecular flexibility index (Phi) is 6.76. The number of nitrogens with one attached hydrogen (secondary N) is 1. The lowest BCUT2D eigenvalue weighted by Crippen LogP contribution is -2.14. The minimum Gasteiger partial charge on any atom is -0.469 e. The number of halogens is 3. The number of carbonyl (C=O) groups excluding carboxylic acids is 1. The van der Waals surface area contributed by atoms with Gasteiger partial charge in [-0.1, -0.05) is 11.8 Å². The zero-order chi connectivity index (χ0) is 23.5. The van der Waals surface area contributed by atoms with Crippen molar-refractivity contribution in [2.75, 3.05) is 11.8 Å². The molecule has 6 nitrogen and oxygen atoms in total. The zero-order valence-electron chi connectivity index (χ0n) is 16.9. The zero-order valence-corrected chi connectivity index (χ0v) is 18.5. The van der Waals surface area contributed by atoms with E-state index in [1.54, 1.807) is 13.0 Å². The first-order valence-electron chi connectivity index (χ1n) is 9.16. The summed E-state index contributed by atoms with van der Waals surface area (Å²) in [6, 6.07) is 6.93. The predicted molar refractivity (Wildman–Crippen MR) is 115 cm³/mol. The van der Waals surface area contributed by atoms with Crippen LogP contribution in [0.4, 0.5) is 18.9 Å². The number of carbonyl (C=O) groups is 1. The van der Waals surface area contributed by atoms with Crippen LogP contribution in [-0.4, -0.2) is 26.5 Å². The molecular weight excluding hydrogens is 465 g/mol. The van der Waals surface area contributed by atoms with Crippen molar-refractivity contribution in [3.05, 3.63) is 52.5 Å². The lowest BCUT2D eigenvalue weighted by Gasteiger charge is -2.13. The van der Waals surface area contributed by atoms with E-state index in [1.165, 1.54) is 30.6 Å². The molecule has 0 radical (unpaired) electrons. The molecule has 0 aliphatic carbocycles. The van der Waals surface area contributed by atoms with Crippen molar-refractivity contribution in [3.8, 4) is 11.8 Å². The number of methoxy groups -OCH3 is 1. The quantitative estimate of drug-likeness (QED) is 0.420. The molecule has 168 valence electrons. The van der Waals surface area contributed by atoms with E-state index in [0.29, 0.717) is 10.2 Å². The minimum atomic E-state index is -4.63. The van der Waals surface area contributed by atoms with Crippen LogP contribution in [0.1, 0.15) is 29.0 Å². The fourth-order valence-electron chi connectivity index (χ4n) is 2.73. The van der Waals surface area contributed by atoms with Gasteiger partial charge >= 0.3 is 12.1 Å². The van der Waals surface area contributed by atoms with Gasteiger partial charge in [-0.2, -0.15) is 13.2 Å². The molecule has 0 spiro atoms. The van der Waals surface area contributed by atoms with E-state index < -0.39 is 27.7 Å². The van der Waals surface area contributed by atoms with E-state index in [0.717, 1.165) is 23.2 Å². The monoisotopic (exact) mass is 482 g/mol. The molecule has 0 aliphatic heterocycles. The molecule has 3 rings (SSSR count). The Labute approximate surface area is 186 Å². The van der Waals surface area contributed by atoms with Crippen LogP contribution in [0.15, 0.2) is 41.3 Å². The van der Waals surface area contributed by atoms with E-state index >= 15 is 0 Å². The maximum atomic E-state index is 13.1. The molecule has 1 N–H and O–H groups in total. The Morgan fingerprint density at radius 2 is 1.97 bits per heavy atom. The summed E-state index contributed by atoms with van der Waals surface area (Å²) >= 11 is 1.33. The SMILES string of the molecule is COC(=O)CCC#Cc1cc(C(F)(F)F)ccc1NS(=O)(=O)c1ccc2nc(C)sc2c1.